The van der Waals surface area contributed by atoms with Gasteiger partial charge in [-0.1, -0.05) is 50.2 Å². The normalized spacial score (nSPS) is 10.8. The molecule has 0 aliphatic carbocycles. The first-order valence-electron chi connectivity index (χ1n) is 8.66. The summed E-state index contributed by atoms with van der Waals surface area (Å²) in [6.45, 7) is 5.55. The number of nitriles is 1. The molecule has 3 heteroatoms. The molecule has 0 radical (unpaired) electrons. The van der Waals surface area contributed by atoms with E-state index in [1.165, 1.54) is 0 Å². The topological polar surface area (TPSA) is 57.9 Å². The van der Waals surface area contributed by atoms with Gasteiger partial charge in [0.05, 0.1) is 11.6 Å². The summed E-state index contributed by atoms with van der Waals surface area (Å²) in [5.74, 6) is 0.0125. The van der Waals surface area contributed by atoms with Crippen molar-refractivity contribution in [1.29, 1.82) is 5.26 Å². The van der Waals surface area contributed by atoms with Crippen LogP contribution in [-0.4, -0.2) is 12.1 Å². The zero-order chi connectivity index (χ0) is 18.7. The number of carbonyl (C=O) groups excluding carboxylic acids is 2. The smallest absolute Gasteiger partial charge is 0.159 e. The van der Waals surface area contributed by atoms with Gasteiger partial charge in [-0.05, 0) is 49.4 Å². The highest BCUT2D eigenvalue weighted by molar-refractivity contribution is 5.94. The Morgan fingerprint density at radius 1 is 1.04 bits per heavy atom. The van der Waals surface area contributed by atoms with Gasteiger partial charge in [0.1, 0.15) is 6.29 Å². The molecule has 0 amide bonds. The zero-order valence-electron chi connectivity index (χ0n) is 15.2. The molecule has 2 rings (SSSR count). The number of aldehydes is 1. The SMILES string of the molecule is CC.CC(=O)c1ccc(CCC(C=O)Cc2ccc(C#N)cc2)cc1. The van der Waals surface area contributed by atoms with Crippen LogP contribution in [0.2, 0.25) is 0 Å². The lowest BCUT2D eigenvalue weighted by molar-refractivity contribution is -0.111. The molecule has 1 unspecified atom stereocenters. The molecule has 0 fully saturated rings. The van der Waals surface area contributed by atoms with Crippen molar-refractivity contribution in [3.63, 3.8) is 0 Å². The molecule has 0 saturated heterocycles. The highest BCUT2D eigenvalue weighted by Crippen LogP contribution is 2.15. The summed E-state index contributed by atoms with van der Waals surface area (Å²) in [4.78, 5) is 22.6. The molecule has 2 aromatic carbocycles. The highest BCUT2D eigenvalue weighted by atomic mass is 16.1. The summed E-state index contributed by atoms with van der Waals surface area (Å²) in [6.07, 6.45) is 3.25. The summed E-state index contributed by atoms with van der Waals surface area (Å²) in [5, 5.41) is 8.79. The van der Waals surface area contributed by atoms with Gasteiger partial charge < -0.3 is 4.79 Å². The summed E-state index contributed by atoms with van der Waals surface area (Å²) in [7, 11) is 0. The Morgan fingerprint density at radius 3 is 2.08 bits per heavy atom. The lowest BCUT2D eigenvalue weighted by Crippen LogP contribution is -2.08. The summed E-state index contributed by atoms with van der Waals surface area (Å²) < 4.78 is 0. The standard InChI is InChI=1S/C20H19NO2.C2H6/c1-15(23)20-10-8-16(9-11-20)2-7-19(14-22)12-17-3-5-18(13-21)6-4-17;1-2/h3-6,8-11,14,19H,2,7,12H2,1H3;1-2H3. The number of hydrogen-bond donors (Lipinski definition) is 0. The van der Waals surface area contributed by atoms with E-state index in [2.05, 4.69) is 6.07 Å². The van der Waals surface area contributed by atoms with Crippen LogP contribution in [0.3, 0.4) is 0 Å². The average molecular weight is 335 g/mol. The van der Waals surface area contributed by atoms with Crippen molar-refractivity contribution in [2.45, 2.75) is 40.0 Å². The van der Waals surface area contributed by atoms with Crippen LogP contribution in [0.1, 0.15) is 54.2 Å². The predicted molar refractivity (Wildman–Crippen MR) is 101 cm³/mol. The maximum Gasteiger partial charge on any atom is 0.159 e. The first kappa shape index (κ1) is 20.3. The third-order valence-electron chi connectivity index (χ3n) is 3.94. The van der Waals surface area contributed by atoms with E-state index >= 15 is 0 Å². The van der Waals surface area contributed by atoms with Gasteiger partial charge in [-0.2, -0.15) is 5.26 Å². The highest BCUT2D eigenvalue weighted by Gasteiger charge is 2.09. The van der Waals surface area contributed by atoms with Gasteiger partial charge >= 0.3 is 0 Å². The van der Waals surface area contributed by atoms with Crippen molar-refractivity contribution in [3.05, 3.63) is 70.8 Å². The fourth-order valence-corrected chi connectivity index (χ4v) is 2.49. The van der Waals surface area contributed by atoms with E-state index in [0.717, 1.165) is 30.3 Å². The minimum Gasteiger partial charge on any atom is -0.303 e. The van der Waals surface area contributed by atoms with E-state index < -0.39 is 0 Å². The molecule has 0 aliphatic heterocycles. The zero-order valence-corrected chi connectivity index (χ0v) is 15.2. The minimum absolute atomic E-state index is 0.0459. The lowest BCUT2D eigenvalue weighted by Gasteiger charge is -2.10. The van der Waals surface area contributed by atoms with Crippen molar-refractivity contribution in [2.24, 2.45) is 5.92 Å². The number of aryl methyl sites for hydroxylation is 1. The molecule has 0 aromatic heterocycles. The second kappa shape index (κ2) is 10.9. The molecule has 0 saturated carbocycles. The van der Waals surface area contributed by atoms with E-state index in [1.54, 1.807) is 19.1 Å². The van der Waals surface area contributed by atoms with Crippen LogP contribution >= 0.6 is 0 Å². The second-order valence-corrected chi connectivity index (χ2v) is 5.70. The van der Waals surface area contributed by atoms with Crippen LogP contribution in [0.4, 0.5) is 0 Å². The predicted octanol–water partition coefficient (Wildman–Crippen LogP) is 4.78. The van der Waals surface area contributed by atoms with Gasteiger partial charge in [0.2, 0.25) is 0 Å². The third-order valence-corrected chi connectivity index (χ3v) is 3.94. The number of rotatable bonds is 7. The third kappa shape index (κ3) is 6.73. The Balaban J connectivity index is 0.00000151. The van der Waals surface area contributed by atoms with Gasteiger partial charge in [0.15, 0.2) is 5.78 Å². The Bertz CT molecular complexity index is 709. The van der Waals surface area contributed by atoms with E-state index in [0.29, 0.717) is 17.5 Å². The molecular weight excluding hydrogens is 310 g/mol. The largest absolute Gasteiger partial charge is 0.303 e. The lowest BCUT2D eigenvalue weighted by atomic mass is 9.93. The molecule has 0 aliphatic rings. The second-order valence-electron chi connectivity index (χ2n) is 5.70. The first-order chi connectivity index (χ1) is 12.1. The summed E-state index contributed by atoms with van der Waals surface area (Å²) in [5.41, 5.74) is 3.52. The summed E-state index contributed by atoms with van der Waals surface area (Å²) in [6, 6.07) is 17.0. The number of Topliss-reactive ketones (excluding diaryl/α,β-unsaturated/α-hetero) is 1. The Labute approximate surface area is 150 Å². The van der Waals surface area contributed by atoms with Crippen molar-refractivity contribution in [2.75, 3.05) is 0 Å². The maximum absolute atomic E-state index is 11.3. The molecule has 0 bridgehead atoms. The fourth-order valence-electron chi connectivity index (χ4n) is 2.49. The van der Waals surface area contributed by atoms with Gasteiger partial charge in [-0.3, -0.25) is 4.79 Å². The molecule has 3 nitrogen and oxygen atoms in total. The summed E-state index contributed by atoms with van der Waals surface area (Å²) >= 11 is 0. The van der Waals surface area contributed by atoms with Crippen LogP contribution in [0.25, 0.3) is 0 Å². The monoisotopic (exact) mass is 335 g/mol. The van der Waals surface area contributed by atoms with Crippen molar-refractivity contribution < 1.29 is 9.59 Å². The van der Waals surface area contributed by atoms with Crippen LogP contribution < -0.4 is 0 Å². The van der Waals surface area contributed by atoms with E-state index in [9.17, 15) is 9.59 Å². The molecule has 25 heavy (non-hydrogen) atoms. The molecule has 1 atom stereocenters. The number of benzene rings is 2. The molecule has 2 aromatic rings. The Kier molecular flexibility index (Phi) is 8.89. The van der Waals surface area contributed by atoms with Gasteiger partial charge in [0.25, 0.3) is 0 Å². The van der Waals surface area contributed by atoms with Crippen LogP contribution in [0.5, 0.6) is 0 Å². The van der Waals surface area contributed by atoms with E-state index in [-0.39, 0.29) is 11.7 Å². The average Bonchev–Trinajstić information content (AvgIpc) is 2.67. The quantitative estimate of drug-likeness (QED) is 0.540. The van der Waals surface area contributed by atoms with Gasteiger partial charge in [-0.15, -0.1) is 0 Å². The van der Waals surface area contributed by atoms with Crippen molar-refractivity contribution in [3.8, 4) is 6.07 Å². The van der Waals surface area contributed by atoms with Crippen molar-refractivity contribution in [1.82, 2.24) is 0 Å². The Morgan fingerprint density at radius 2 is 1.60 bits per heavy atom. The minimum atomic E-state index is -0.0459. The van der Waals surface area contributed by atoms with Gasteiger partial charge in [0, 0.05) is 11.5 Å². The molecule has 0 spiro atoms. The fraction of sp³-hybridized carbons (Fsp3) is 0.318. The number of nitrogens with zero attached hydrogens (tertiary/aromatic N) is 1. The number of hydrogen-bond acceptors (Lipinski definition) is 3. The Hall–Kier alpha value is -2.73. The van der Waals surface area contributed by atoms with Crippen LogP contribution in [-0.2, 0) is 17.6 Å². The molecular formula is C22H25NO2. The molecule has 0 N–H and O–H groups in total. The van der Waals surface area contributed by atoms with E-state index in [1.807, 2.05) is 50.2 Å². The molecule has 130 valence electrons. The van der Waals surface area contributed by atoms with Crippen LogP contribution in [0.15, 0.2) is 48.5 Å². The molecule has 0 heterocycles. The first-order valence-corrected chi connectivity index (χ1v) is 8.66. The van der Waals surface area contributed by atoms with Gasteiger partial charge in [-0.25, -0.2) is 0 Å². The number of carbonyl (C=O) groups is 2. The van der Waals surface area contributed by atoms with Crippen molar-refractivity contribution >= 4 is 12.1 Å². The number of ketones is 1. The van der Waals surface area contributed by atoms with Crippen LogP contribution in [0, 0.1) is 17.2 Å². The van der Waals surface area contributed by atoms with E-state index in [4.69, 9.17) is 5.26 Å². The maximum atomic E-state index is 11.3.